The number of hydrogen-bond acceptors (Lipinski definition) is 5. The van der Waals surface area contributed by atoms with E-state index in [2.05, 4.69) is 14.7 Å². The van der Waals surface area contributed by atoms with Gasteiger partial charge in [0.1, 0.15) is 0 Å². The molecule has 0 fully saturated rings. The van der Waals surface area contributed by atoms with Crippen molar-refractivity contribution < 1.29 is 14.3 Å². The van der Waals surface area contributed by atoms with Crippen molar-refractivity contribution in [3.8, 4) is 0 Å². The van der Waals surface area contributed by atoms with Gasteiger partial charge in [-0.15, -0.1) is 0 Å². The number of ether oxygens (including phenoxy) is 1. The number of esters is 2. The maximum atomic E-state index is 10.7. The Labute approximate surface area is 61.0 Å². The van der Waals surface area contributed by atoms with Crippen LogP contribution in [-0.2, 0) is 4.74 Å². The lowest BCUT2D eigenvalue weighted by atomic mass is 10.3. The molecular weight excluding hydrogens is 148 g/mol. The van der Waals surface area contributed by atoms with Gasteiger partial charge in [-0.1, -0.05) is 0 Å². The quantitative estimate of drug-likeness (QED) is 0.378. The summed E-state index contributed by atoms with van der Waals surface area (Å²) in [4.78, 5) is 28.6. The first-order valence-corrected chi connectivity index (χ1v) is 2.87. The molecule has 0 saturated heterocycles. The Bertz CT molecular complexity index is 318. The first kappa shape index (κ1) is 5.96. The zero-order valence-electron chi connectivity index (χ0n) is 5.27. The van der Waals surface area contributed by atoms with Gasteiger partial charge in [0, 0.05) is 6.20 Å². The number of cyclic esters (lactones) is 2. The van der Waals surface area contributed by atoms with Gasteiger partial charge in [-0.25, -0.2) is 19.6 Å². The maximum absolute atomic E-state index is 10.7. The Morgan fingerprint density at radius 3 is 2.91 bits per heavy atom. The van der Waals surface area contributed by atoms with Crippen LogP contribution in [0.2, 0.25) is 0 Å². The summed E-state index contributed by atoms with van der Waals surface area (Å²) in [5.74, 6) is -1.57. The van der Waals surface area contributed by atoms with E-state index >= 15 is 0 Å². The van der Waals surface area contributed by atoms with Crippen molar-refractivity contribution in [2.45, 2.75) is 0 Å². The minimum atomic E-state index is -0.789. The molecule has 0 amide bonds. The third kappa shape index (κ3) is 0.778. The minimum Gasteiger partial charge on any atom is -0.382 e. The number of aromatic nitrogens is 2. The number of carbonyl (C=O) groups excluding carboxylic acids is 2. The first-order valence-electron chi connectivity index (χ1n) is 2.87. The summed E-state index contributed by atoms with van der Waals surface area (Å²) in [6.45, 7) is 0. The van der Waals surface area contributed by atoms with Crippen LogP contribution in [0.15, 0.2) is 12.3 Å². The van der Waals surface area contributed by atoms with E-state index in [0.717, 1.165) is 0 Å². The molecule has 54 valence electrons. The summed E-state index contributed by atoms with van der Waals surface area (Å²) < 4.78 is 4.26. The van der Waals surface area contributed by atoms with E-state index in [1.807, 2.05) is 0 Å². The monoisotopic (exact) mass is 150 g/mol. The Balaban J connectivity index is 2.67. The van der Waals surface area contributed by atoms with Gasteiger partial charge >= 0.3 is 11.9 Å². The molecule has 5 heteroatoms. The lowest BCUT2D eigenvalue weighted by Gasteiger charge is -2.06. The lowest BCUT2D eigenvalue weighted by molar-refractivity contribution is 0.0362. The highest BCUT2D eigenvalue weighted by molar-refractivity contribution is 6.03. The van der Waals surface area contributed by atoms with Crippen LogP contribution in [0.4, 0.5) is 0 Å². The molecule has 0 unspecified atom stereocenters. The molecule has 0 aliphatic carbocycles. The van der Waals surface area contributed by atoms with Crippen LogP contribution in [0.1, 0.15) is 21.1 Å². The average Bonchev–Trinajstić information content (AvgIpc) is 2.02. The summed E-state index contributed by atoms with van der Waals surface area (Å²) in [5.41, 5.74) is 0.120. The minimum absolute atomic E-state index is 0.0675. The highest BCUT2D eigenvalue weighted by Gasteiger charge is 2.24. The highest BCUT2D eigenvalue weighted by Crippen LogP contribution is 2.06. The number of nitrogens with zero attached hydrogens (tertiary/aromatic N) is 2. The normalized spacial score (nSPS) is 14.5. The van der Waals surface area contributed by atoms with Crippen LogP contribution < -0.4 is 0 Å². The van der Waals surface area contributed by atoms with Gasteiger partial charge < -0.3 is 4.74 Å². The van der Waals surface area contributed by atoms with Crippen molar-refractivity contribution in [1.29, 1.82) is 0 Å². The van der Waals surface area contributed by atoms with Crippen molar-refractivity contribution in [1.82, 2.24) is 9.97 Å². The van der Waals surface area contributed by atoms with Gasteiger partial charge in [0.2, 0.25) is 5.82 Å². The molecule has 0 aromatic carbocycles. The Hall–Kier alpha value is -1.78. The van der Waals surface area contributed by atoms with Crippen LogP contribution in [0, 0.1) is 0 Å². The molecule has 1 aromatic heterocycles. The molecule has 5 nitrogen and oxygen atoms in total. The largest absolute Gasteiger partial charge is 0.384 e. The molecular formula is C6H2N2O3. The predicted molar refractivity (Wildman–Crippen MR) is 31.8 cm³/mol. The van der Waals surface area contributed by atoms with Crippen molar-refractivity contribution in [2.75, 3.05) is 0 Å². The van der Waals surface area contributed by atoms with Gasteiger partial charge in [-0.3, -0.25) is 0 Å². The van der Waals surface area contributed by atoms with Crippen molar-refractivity contribution >= 4 is 11.9 Å². The molecule has 0 saturated carbocycles. The third-order valence-corrected chi connectivity index (χ3v) is 1.23. The summed E-state index contributed by atoms with van der Waals surface area (Å²) in [6, 6.07) is 1.39. The predicted octanol–water partition coefficient (Wildman–Crippen LogP) is -0.213. The Morgan fingerprint density at radius 1 is 1.27 bits per heavy atom. The third-order valence-electron chi connectivity index (χ3n) is 1.23. The molecule has 0 N–H and O–H groups in total. The number of carbonyl (C=O) groups is 2. The zero-order valence-corrected chi connectivity index (χ0v) is 5.27. The zero-order chi connectivity index (χ0) is 7.84. The highest BCUT2D eigenvalue weighted by atomic mass is 16.6. The Morgan fingerprint density at radius 2 is 2.09 bits per heavy atom. The molecule has 2 heterocycles. The molecule has 0 spiro atoms. The lowest BCUT2D eigenvalue weighted by Crippen LogP contribution is -2.23. The topological polar surface area (TPSA) is 69.2 Å². The smallest absolute Gasteiger partial charge is 0.382 e. The van der Waals surface area contributed by atoms with Crippen LogP contribution in [0.3, 0.4) is 0 Å². The van der Waals surface area contributed by atoms with Gasteiger partial charge in [-0.05, 0) is 6.07 Å². The van der Waals surface area contributed by atoms with Crippen LogP contribution in [-0.4, -0.2) is 21.9 Å². The SMILES string of the molecule is O=C1OC(=O)c2nccc1n2. The molecule has 11 heavy (non-hydrogen) atoms. The van der Waals surface area contributed by atoms with Crippen molar-refractivity contribution in [3.63, 3.8) is 0 Å². The van der Waals surface area contributed by atoms with Crippen LogP contribution >= 0.6 is 0 Å². The molecule has 1 aliphatic heterocycles. The van der Waals surface area contributed by atoms with Gasteiger partial charge in [-0.2, -0.15) is 0 Å². The maximum Gasteiger partial charge on any atom is 0.384 e. The summed E-state index contributed by atoms with van der Waals surface area (Å²) in [7, 11) is 0. The summed E-state index contributed by atoms with van der Waals surface area (Å²) >= 11 is 0. The second-order valence-corrected chi connectivity index (χ2v) is 1.94. The number of hydrogen-bond donors (Lipinski definition) is 0. The number of rotatable bonds is 0. The summed E-state index contributed by atoms with van der Waals surface area (Å²) in [5, 5.41) is 0. The van der Waals surface area contributed by atoms with Gasteiger partial charge in [0.15, 0.2) is 5.69 Å². The Kier molecular flexibility index (Phi) is 1.00. The van der Waals surface area contributed by atoms with Crippen molar-refractivity contribution in [2.24, 2.45) is 0 Å². The number of fused-ring (bicyclic) bond motifs is 2. The van der Waals surface area contributed by atoms with E-state index in [9.17, 15) is 9.59 Å². The van der Waals surface area contributed by atoms with Crippen molar-refractivity contribution in [3.05, 3.63) is 23.8 Å². The molecule has 2 bridgehead atoms. The fraction of sp³-hybridized carbons (Fsp3) is 0. The molecule has 1 aromatic rings. The second kappa shape index (κ2) is 1.85. The van der Waals surface area contributed by atoms with E-state index in [0.29, 0.717) is 0 Å². The van der Waals surface area contributed by atoms with E-state index in [-0.39, 0.29) is 11.5 Å². The first-order chi connectivity index (χ1) is 5.27. The molecule has 1 aliphatic rings. The standard InChI is InChI=1S/C6H2N2O3/c9-5-3-1-2-7-4(8-3)6(10)11-5/h1-2H. The van der Waals surface area contributed by atoms with E-state index in [1.54, 1.807) is 0 Å². The second-order valence-electron chi connectivity index (χ2n) is 1.94. The molecule has 0 atom stereocenters. The molecule has 2 rings (SSSR count). The van der Waals surface area contributed by atoms with Crippen LogP contribution in [0.5, 0.6) is 0 Å². The van der Waals surface area contributed by atoms with Crippen LogP contribution in [0.25, 0.3) is 0 Å². The average molecular weight is 150 g/mol. The summed E-state index contributed by atoms with van der Waals surface area (Å²) in [6.07, 6.45) is 1.34. The van der Waals surface area contributed by atoms with E-state index in [1.165, 1.54) is 12.3 Å². The van der Waals surface area contributed by atoms with Gasteiger partial charge in [0.25, 0.3) is 0 Å². The molecule has 0 radical (unpaired) electrons. The van der Waals surface area contributed by atoms with Gasteiger partial charge in [0.05, 0.1) is 0 Å². The fourth-order valence-corrected chi connectivity index (χ4v) is 0.753. The van der Waals surface area contributed by atoms with E-state index in [4.69, 9.17) is 0 Å². The fourth-order valence-electron chi connectivity index (χ4n) is 0.753. The van der Waals surface area contributed by atoms with E-state index < -0.39 is 11.9 Å².